The third-order valence-corrected chi connectivity index (χ3v) is 13.3. The lowest BCUT2D eigenvalue weighted by atomic mass is 9.93. The van der Waals surface area contributed by atoms with Crippen molar-refractivity contribution in [2.24, 2.45) is 0 Å². The van der Waals surface area contributed by atoms with Gasteiger partial charge in [0.1, 0.15) is 60.3 Å². The zero-order valence-electron chi connectivity index (χ0n) is 39.6. The summed E-state index contributed by atoms with van der Waals surface area (Å²) in [5.41, 5.74) is 5.94. The van der Waals surface area contributed by atoms with E-state index in [1.165, 1.54) is 103 Å². The summed E-state index contributed by atoms with van der Waals surface area (Å²) in [5.74, 6) is -0.948. The monoisotopic (exact) mass is 965 g/mol. The van der Waals surface area contributed by atoms with Crippen LogP contribution in [0.5, 0.6) is 5.75 Å². The summed E-state index contributed by atoms with van der Waals surface area (Å²) in [6.45, 7) is 5.22. The number of nitrogens with two attached hydrogens (primary N) is 1. The lowest BCUT2D eigenvalue weighted by Crippen LogP contribution is -2.50. The maximum absolute atomic E-state index is 14.8. The van der Waals surface area contributed by atoms with Crippen LogP contribution in [-0.4, -0.2) is 76.7 Å². The molecule has 0 spiro atoms. The second-order valence-corrected chi connectivity index (χ2v) is 19.4. The van der Waals surface area contributed by atoms with Gasteiger partial charge in [-0.2, -0.15) is 15.6 Å². The van der Waals surface area contributed by atoms with E-state index in [1.807, 2.05) is 6.07 Å². The summed E-state index contributed by atoms with van der Waals surface area (Å²) in [6, 6.07) is 19.1. The second-order valence-electron chi connectivity index (χ2n) is 17.4. The van der Waals surface area contributed by atoms with Crippen LogP contribution in [0, 0.1) is 22.7 Å². The molecule has 4 heterocycles. The number of rotatable bonds is 33. The molecule has 366 valence electrons. The number of halogens is 1. The summed E-state index contributed by atoms with van der Waals surface area (Å²) in [4.78, 5) is 8.39. The molecule has 5 atom stereocenters. The molecule has 67 heavy (non-hydrogen) atoms. The number of nitrogens with zero attached hydrogens (tertiary/aromatic N) is 6. The van der Waals surface area contributed by atoms with Crippen LogP contribution in [0.3, 0.4) is 0 Å². The normalized spacial score (nSPS) is 18.0. The van der Waals surface area contributed by atoms with Gasteiger partial charge in [-0.25, -0.2) is 19.0 Å². The number of hydrogen-bond acceptors (Lipinski definition) is 15. The van der Waals surface area contributed by atoms with E-state index in [2.05, 4.69) is 28.1 Å². The fraction of sp³-hybridized carbons (Fsp3) is 0.612. The van der Waals surface area contributed by atoms with Gasteiger partial charge in [0.05, 0.1) is 36.2 Å². The maximum atomic E-state index is 14.8. The van der Waals surface area contributed by atoms with E-state index >= 15 is 0 Å². The molecule has 16 nitrogen and oxygen atoms in total. The summed E-state index contributed by atoms with van der Waals surface area (Å²) in [7, 11) is -3.37. The van der Waals surface area contributed by atoms with Gasteiger partial charge >= 0.3 is 7.82 Å². The average Bonchev–Trinajstić information content (AvgIpc) is 3.91. The van der Waals surface area contributed by atoms with Gasteiger partial charge < -0.3 is 33.9 Å². The number of pyridine rings is 1. The Labute approximate surface area is 401 Å². The van der Waals surface area contributed by atoms with E-state index in [1.54, 1.807) is 66.9 Å². The lowest BCUT2D eigenvalue weighted by molar-refractivity contribution is -0.171. The van der Waals surface area contributed by atoms with Gasteiger partial charge in [-0.15, -0.1) is 0 Å². The number of unbranched alkanes of at least 4 members (excludes halogenated alkanes) is 15. The Bertz CT molecular complexity index is 2240. The highest BCUT2D eigenvalue weighted by molar-refractivity contribution is 7.49. The number of methoxy groups -OCH3 is 1. The minimum atomic E-state index is -4.68. The lowest BCUT2D eigenvalue weighted by Gasteiger charge is -2.33. The summed E-state index contributed by atoms with van der Waals surface area (Å²) >= 11 is 6.47. The van der Waals surface area contributed by atoms with Crippen molar-refractivity contribution in [2.75, 3.05) is 39.3 Å². The van der Waals surface area contributed by atoms with Crippen molar-refractivity contribution in [3.05, 3.63) is 83.0 Å². The van der Waals surface area contributed by atoms with Crippen LogP contribution in [0.25, 0.3) is 5.52 Å². The molecular formula is C49H69ClN7O9P. The molecule has 0 radical (unpaired) electrons. The number of aromatic nitrogens is 4. The predicted octanol–water partition coefficient (Wildman–Crippen LogP) is 11.4. The van der Waals surface area contributed by atoms with Gasteiger partial charge in [-0.3, -0.25) is 9.05 Å². The number of benzene rings is 1. The van der Waals surface area contributed by atoms with Crippen molar-refractivity contribution in [1.29, 1.82) is 10.5 Å². The minimum Gasteiger partial charge on any atom is -0.402 e. The number of phosphoric acid groups is 1. The molecule has 1 aliphatic heterocycles. The van der Waals surface area contributed by atoms with Crippen molar-refractivity contribution in [2.45, 2.75) is 160 Å². The summed E-state index contributed by atoms with van der Waals surface area (Å²) in [5, 5.41) is 24.7. The highest BCUT2D eigenvalue weighted by atomic mass is 35.5. The topological polar surface area (TPSA) is 208 Å². The highest BCUT2D eigenvalue weighted by Gasteiger charge is 2.56. The molecule has 1 unspecified atom stereocenters. The molecule has 0 bridgehead atoms. The van der Waals surface area contributed by atoms with Crippen LogP contribution in [0.2, 0.25) is 5.02 Å². The van der Waals surface area contributed by atoms with Crippen LogP contribution < -0.4 is 10.3 Å². The number of nitriles is 2. The van der Waals surface area contributed by atoms with Crippen LogP contribution in [0.15, 0.2) is 60.9 Å². The molecule has 1 aromatic carbocycles. The largest absolute Gasteiger partial charge is 0.530 e. The van der Waals surface area contributed by atoms with E-state index in [9.17, 15) is 15.1 Å². The second kappa shape index (κ2) is 27.7. The van der Waals surface area contributed by atoms with E-state index in [4.69, 9.17) is 54.6 Å². The summed E-state index contributed by atoms with van der Waals surface area (Å²) < 4.78 is 65.3. The maximum Gasteiger partial charge on any atom is 0.530 e. The summed E-state index contributed by atoms with van der Waals surface area (Å²) in [6.07, 6.45) is 18.7. The number of ether oxygens (including phenoxy) is 5. The quantitative estimate of drug-likeness (QED) is 0.0348. The molecule has 1 fully saturated rings. The molecule has 5 rings (SSSR count). The van der Waals surface area contributed by atoms with Crippen LogP contribution in [0.4, 0.5) is 5.82 Å². The van der Waals surface area contributed by atoms with E-state index < -0.39 is 44.1 Å². The van der Waals surface area contributed by atoms with Gasteiger partial charge in [0, 0.05) is 13.7 Å². The van der Waals surface area contributed by atoms with E-state index in [0.717, 1.165) is 19.3 Å². The number of nitrogen functional groups attached to an aromatic ring is 1. The molecule has 3 aromatic heterocycles. The molecule has 0 saturated carbocycles. The van der Waals surface area contributed by atoms with Gasteiger partial charge in [0.2, 0.25) is 5.60 Å². The zero-order valence-corrected chi connectivity index (χ0v) is 41.3. The Hall–Kier alpha value is -4.19. The fourth-order valence-electron chi connectivity index (χ4n) is 7.92. The molecule has 0 aliphatic carbocycles. The molecular weight excluding hydrogens is 897 g/mol. The first-order valence-corrected chi connectivity index (χ1v) is 25.6. The Morgan fingerprint density at radius 2 is 1.55 bits per heavy atom. The van der Waals surface area contributed by atoms with Crippen LogP contribution in [0.1, 0.15) is 147 Å². The number of para-hydroxylation sites is 1. The minimum absolute atomic E-state index is 0.00484. The van der Waals surface area contributed by atoms with Crippen molar-refractivity contribution in [1.82, 2.24) is 19.6 Å². The van der Waals surface area contributed by atoms with Crippen LogP contribution >= 0.6 is 19.4 Å². The first-order valence-electron chi connectivity index (χ1n) is 23.7. The van der Waals surface area contributed by atoms with Crippen LogP contribution in [-0.2, 0) is 43.9 Å². The SMILES string of the molecule is CCCCCCCCCCCCCCCCCCOC[C@H](COP(=O)(OC[C@@](C#N)(OC)[C@H]1OC(C)(C)O[C@H]1c1ccc2c(N)ncnn12)Oc1ccccc1Cl)OCc1cccc(C#N)n1. The number of hydrogen-bond donors (Lipinski definition) is 1. The number of anilines is 1. The van der Waals surface area contributed by atoms with Gasteiger partial charge in [-0.05, 0) is 56.7 Å². The molecule has 18 heteroatoms. The van der Waals surface area contributed by atoms with Crippen molar-refractivity contribution >= 4 is 30.8 Å². The Morgan fingerprint density at radius 1 is 0.881 bits per heavy atom. The number of phosphoric ester groups is 1. The standard InChI is InChI=1S/C49H69ClN7O9P/c1-5-6-7-8-9-10-11-12-13-14-15-16-17-18-19-22-30-60-33-40(61-32-39-25-23-24-38(31-51)56-39)34-62-67(58,66-44-27-21-20-26-41(44)50)63-36-49(35-52,59-4)46-45(64-48(2,3)65-46)42-28-29-43-47(53)54-37-55-57(42)43/h20-21,23-29,37,40,45-46H,5-19,22,30,32-34,36H2,1-4H3,(H2,53,54,55)/t40-,45+,46+,49-,67?/m1/s1. The highest BCUT2D eigenvalue weighted by Crippen LogP contribution is 2.53. The zero-order chi connectivity index (χ0) is 48.0. The number of fused-ring (bicyclic) bond motifs is 1. The molecule has 1 aliphatic rings. The average molecular weight is 967 g/mol. The van der Waals surface area contributed by atoms with E-state index in [-0.39, 0.29) is 42.1 Å². The van der Waals surface area contributed by atoms with Gasteiger partial charge in [0.15, 0.2) is 11.6 Å². The van der Waals surface area contributed by atoms with Crippen molar-refractivity contribution in [3.63, 3.8) is 0 Å². The molecule has 0 amide bonds. The van der Waals surface area contributed by atoms with Gasteiger partial charge in [0.25, 0.3) is 0 Å². The van der Waals surface area contributed by atoms with Gasteiger partial charge in [-0.1, -0.05) is 133 Å². The first-order chi connectivity index (χ1) is 32.4. The van der Waals surface area contributed by atoms with Crippen molar-refractivity contribution in [3.8, 4) is 17.9 Å². The van der Waals surface area contributed by atoms with Crippen molar-refractivity contribution < 1.29 is 41.8 Å². The Morgan fingerprint density at radius 3 is 2.19 bits per heavy atom. The third-order valence-electron chi connectivity index (χ3n) is 11.6. The predicted molar refractivity (Wildman–Crippen MR) is 255 cm³/mol. The molecule has 4 aromatic rings. The Kier molecular flexibility index (Phi) is 22.2. The first kappa shape index (κ1) is 53.8. The Balaban J connectivity index is 1.21. The van der Waals surface area contributed by atoms with E-state index in [0.29, 0.717) is 23.5 Å². The third kappa shape index (κ3) is 16.8. The molecule has 1 saturated heterocycles. The fourth-order valence-corrected chi connectivity index (χ4v) is 9.43. The smallest absolute Gasteiger partial charge is 0.402 e. The molecule has 2 N–H and O–H groups in total.